The van der Waals surface area contributed by atoms with Gasteiger partial charge in [0.2, 0.25) is 5.91 Å². The average molecular weight is 1140 g/mol. The molecule has 0 aliphatic heterocycles. The molecule has 0 aliphatic carbocycles. The Morgan fingerprint density at radius 1 is 0.463 bits per heavy atom. The van der Waals surface area contributed by atoms with Gasteiger partial charge in [0.15, 0.2) is 0 Å². The second kappa shape index (κ2) is 59.4. The number of likely N-dealkylation sites (N-methyl/N-ethyl adjacent to an activating group) is 1. The van der Waals surface area contributed by atoms with Crippen LogP contribution in [0.5, 0.6) is 0 Å². The molecule has 0 saturated heterocycles. The highest BCUT2D eigenvalue weighted by atomic mass is 31.2. The molecule has 3 atom stereocenters. The van der Waals surface area contributed by atoms with Gasteiger partial charge in [0.05, 0.1) is 33.8 Å². The minimum absolute atomic E-state index is 0.0269. The molecule has 0 spiro atoms. The third kappa shape index (κ3) is 59.8. The third-order valence-corrected chi connectivity index (χ3v) is 15.6. The lowest BCUT2D eigenvalue weighted by Gasteiger charge is -2.30. The zero-order valence-electron chi connectivity index (χ0n) is 53.0. The SMILES string of the molecule is CC/C=C/C=C/C=C/CCCCCCCCCC(=O)OC(/C=C\CCCCCCCCCCCC)C(COP(=O)([O-])OCC[N+](C)(C)C)NC(=O)CCCCCCCCCCCCCCCC/C=C\C/C=C\C/C=C\CCCCC. The van der Waals surface area contributed by atoms with Crippen molar-refractivity contribution in [2.75, 3.05) is 40.9 Å². The van der Waals surface area contributed by atoms with Gasteiger partial charge in [-0.3, -0.25) is 14.2 Å². The van der Waals surface area contributed by atoms with E-state index in [1.807, 2.05) is 33.3 Å². The number of hydrogen-bond acceptors (Lipinski definition) is 7. The molecule has 0 heterocycles. The van der Waals surface area contributed by atoms with Crippen molar-refractivity contribution >= 4 is 19.7 Å². The molecule has 464 valence electrons. The highest BCUT2D eigenvalue weighted by Crippen LogP contribution is 2.38. The summed E-state index contributed by atoms with van der Waals surface area (Å²) < 4.78 is 30.4. The fraction of sp³-hybridized carbons (Fsp3) is 0.771. The van der Waals surface area contributed by atoms with E-state index < -0.39 is 26.6 Å². The quantitative estimate of drug-likeness (QED) is 0.0161. The van der Waals surface area contributed by atoms with Crippen molar-refractivity contribution in [1.29, 1.82) is 0 Å². The van der Waals surface area contributed by atoms with E-state index in [0.29, 0.717) is 23.9 Å². The van der Waals surface area contributed by atoms with Crippen molar-refractivity contribution in [3.63, 3.8) is 0 Å². The molecule has 10 heteroatoms. The maximum absolute atomic E-state index is 13.6. The van der Waals surface area contributed by atoms with Crippen molar-refractivity contribution in [3.8, 4) is 0 Å². The van der Waals surface area contributed by atoms with Gasteiger partial charge in [-0.25, -0.2) is 0 Å². The summed E-state index contributed by atoms with van der Waals surface area (Å²) in [4.78, 5) is 40.1. The first-order valence-corrected chi connectivity index (χ1v) is 34.9. The Bertz CT molecular complexity index is 1640. The summed E-state index contributed by atoms with van der Waals surface area (Å²) in [6.45, 7) is 6.69. The second-order valence-corrected chi connectivity index (χ2v) is 25.1. The summed E-state index contributed by atoms with van der Waals surface area (Å²) in [6, 6.07) is -0.897. The Morgan fingerprint density at radius 2 is 0.850 bits per heavy atom. The lowest BCUT2D eigenvalue weighted by atomic mass is 10.0. The topological polar surface area (TPSA) is 114 Å². The number of allylic oxidation sites excluding steroid dienone is 13. The van der Waals surface area contributed by atoms with E-state index in [9.17, 15) is 19.0 Å². The number of amides is 1. The van der Waals surface area contributed by atoms with Gasteiger partial charge in [-0.2, -0.15) is 0 Å². The van der Waals surface area contributed by atoms with Gasteiger partial charge in [0.1, 0.15) is 19.3 Å². The van der Waals surface area contributed by atoms with E-state index in [1.54, 1.807) is 0 Å². The molecule has 0 aromatic rings. The van der Waals surface area contributed by atoms with E-state index in [4.69, 9.17) is 13.8 Å². The number of esters is 1. The van der Waals surface area contributed by atoms with Crippen LogP contribution in [0, 0.1) is 0 Å². The van der Waals surface area contributed by atoms with Crippen molar-refractivity contribution < 1.29 is 37.3 Å². The summed E-state index contributed by atoms with van der Waals surface area (Å²) in [5.74, 6) is -0.552. The van der Waals surface area contributed by atoms with Crippen molar-refractivity contribution in [2.45, 2.75) is 309 Å². The molecule has 0 aromatic carbocycles. The van der Waals surface area contributed by atoms with Gasteiger partial charge < -0.3 is 28.5 Å². The third-order valence-electron chi connectivity index (χ3n) is 14.6. The summed E-state index contributed by atoms with van der Waals surface area (Å²) >= 11 is 0. The molecule has 0 rings (SSSR count). The van der Waals surface area contributed by atoms with E-state index in [0.717, 1.165) is 83.5 Å². The molecule has 0 fully saturated rings. The Hall–Kier alpha value is -2.81. The number of hydrogen-bond donors (Lipinski definition) is 1. The lowest BCUT2D eigenvalue weighted by Crippen LogP contribution is -2.47. The number of rotatable bonds is 60. The molecule has 0 aliphatic rings. The van der Waals surface area contributed by atoms with Crippen LogP contribution < -0.4 is 10.2 Å². The number of nitrogens with one attached hydrogen (secondary N) is 1. The largest absolute Gasteiger partial charge is 0.756 e. The molecule has 3 unspecified atom stereocenters. The molecule has 0 bridgehead atoms. The fourth-order valence-corrected chi connectivity index (χ4v) is 10.2. The van der Waals surface area contributed by atoms with Crippen molar-refractivity contribution in [2.24, 2.45) is 0 Å². The Kier molecular flexibility index (Phi) is 57.3. The van der Waals surface area contributed by atoms with E-state index in [2.05, 4.69) is 99.0 Å². The Balaban J connectivity index is 5.05. The van der Waals surface area contributed by atoms with Crippen molar-refractivity contribution in [3.05, 3.63) is 85.1 Å². The smallest absolute Gasteiger partial charge is 0.306 e. The van der Waals surface area contributed by atoms with Gasteiger partial charge in [-0.15, -0.1) is 0 Å². The number of unbranched alkanes of at least 4 members (excludes halogenated alkanes) is 34. The van der Waals surface area contributed by atoms with E-state index >= 15 is 0 Å². The van der Waals surface area contributed by atoms with Gasteiger partial charge in [0.25, 0.3) is 7.82 Å². The average Bonchev–Trinajstić information content (AvgIpc) is 3.43. The predicted molar refractivity (Wildman–Crippen MR) is 344 cm³/mol. The molecule has 1 N–H and O–H groups in total. The number of nitrogens with zero attached hydrogens (tertiary/aromatic N) is 1. The molecule has 9 nitrogen and oxygen atoms in total. The van der Waals surface area contributed by atoms with Crippen LogP contribution >= 0.6 is 7.82 Å². The van der Waals surface area contributed by atoms with Crippen LogP contribution in [0.2, 0.25) is 0 Å². The summed E-state index contributed by atoms with van der Waals surface area (Å²) in [6.07, 6.45) is 78.4. The highest BCUT2D eigenvalue weighted by molar-refractivity contribution is 7.45. The van der Waals surface area contributed by atoms with Crippen LogP contribution in [0.3, 0.4) is 0 Å². The van der Waals surface area contributed by atoms with E-state index in [-0.39, 0.29) is 24.9 Å². The first kappa shape index (κ1) is 77.2. The first-order valence-electron chi connectivity index (χ1n) is 33.4. The maximum Gasteiger partial charge on any atom is 0.306 e. The standard InChI is InChI=1S/C70H127N2O7P/c1-7-10-13-16-19-22-25-28-30-31-32-33-34-35-36-37-38-39-40-41-43-44-47-50-53-56-59-62-69(73)71-67(66-78-80(75,76)77-65-64-72(4,5)6)68(61-58-55-52-49-46-27-24-21-18-15-12-9-3)79-70(74)63-60-57-54-51-48-45-42-29-26-23-20-17-14-11-8-2/h11,14,17,19-20,22-23,26,28,30,32-33,58,61,67-68H,7-10,12-13,15-16,18,21,24-25,27,29,31,34-57,59-60,62-66H2,1-6H3,(H-,71,73,75,76)/b14-11+,20-17+,22-19-,26-23+,30-28-,33-32-,61-58-. The number of quaternary nitrogens is 1. The molecule has 0 saturated carbocycles. The van der Waals surface area contributed by atoms with Crippen LogP contribution in [-0.4, -0.2) is 69.4 Å². The van der Waals surface area contributed by atoms with Gasteiger partial charge in [0, 0.05) is 12.8 Å². The summed E-state index contributed by atoms with van der Waals surface area (Å²) in [5.41, 5.74) is 0. The number of carbonyl (C=O) groups excluding carboxylic acids is 2. The molecule has 80 heavy (non-hydrogen) atoms. The number of carbonyl (C=O) groups is 2. The van der Waals surface area contributed by atoms with Crippen LogP contribution in [-0.2, 0) is 27.9 Å². The number of phosphoric acid groups is 1. The molecular weight excluding hydrogens is 1010 g/mol. The van der Waals surface area contributed by atoms with Crippen molar-refractivity contribution in [1.82, 2.24) is 5.32 Å². The molecule has 1 amide bonds. The Labute approximate surface area is 495 Å². The Morgan fingerprint density at radius 3 is 1.32 bits per heavy atom. The molecule has 0 radical (unpaired) electrons. The second-order valence-electron chi connectivity index (χ2n) is 23.7. The van der Waals surface area contributed by atoms with Crippen LogP contribution in [0.25, 0.3) is 0 Å². The molecule has 0 aromatic heterocycles. The minimum atomic E-state index is -4.71. The lowest BCUT2D eigenvalue weighted by molar-refractivity contribution is -0.870. The monoisotopic (exact) mass is 1140 g/mol. The number of phosphoric ester groups is 1. The van der Waals surface area contributed by atoms with Crippen LogP contribution in [0.4, 0.5) is 0 Å². The van der Waals surface area contributed by atoms with Crippen LogP contribution in [0.1, 0.15) is 297 Å². The zero-order chi connectivity index (χ0) is 58.6. The number of ether oxygens (including phenoxy) is 1. The van der Waals surface area contributed by atoms with E-state index in [1.165, 1.54) is 173 Å². The molecular formula is C70H127N2O7P. The van der Waals surface area contributed by atoms with Crippen LogP contribution in [0.15, 0.2) is 85.1 Å². The predicted octanol–water partition coefficient (Wildman–Crippen LogP) is 20.3. The fourth-order valence-electron chi connectivity index (χ4n) is 9.47. The maximum atomic E-state index is 13.6. The first-order chi connectivity index (χ1) is 38.9. The van der Waals surface area contributed by atoms with Gasteiger partial charge in [-0.1, -0.05) is 280 Å². The zero-order valence-corrected chi connectivity index (χ0v) is 53.9. The summed E-state index contributed by atoms with van der Waals surface area (Å²) in [7, 11) is 1.17. The van der Waals surface area contributed by atoms with Gasteiger partial charge in [-0.05, 0) is 89.5 Å². The highest BCUT2D eigenvalue weighted by Gasteiger charge is 2.27. The normalized spacial score (nSPS) is 14.1. The minimum Gasteiger partial charge on any atom is -0.756 e. The van der Waals surface area contributed by atoms with Gasteiger partial charge >= 0.3 is 5.97 Å². The summed E-state index contributed by atoms with van der Waals surface area (Å²) in [5, 5.41) is 3.03.